The zero-order chi connectivity index (χ0) is 21.8. The number of para-hydroxylation sites is 1. The first-order chi connectivity index (χ1) is 14.9. The number of fused-ring (bicyclic) bond motifs is 2. The number of nitrogens with zero attached hydrogens (tertiary/aromatic N) is 2. The Hall–Kier alpha value is -2.90. The van der Waals surface area contributed by atoms with E-state index in [0.717, 1.165) is 0 Å². The van der Waals surface area contributed by atoms with Crippen LogP contribution in [0.15, 0.2) is 66.7 Å². The SMILES string of the molecule is O=C1CS[C@]2(C(=O)N(Cc3cccc(F)c3)c3ccccc32)N1c1ccc(F)c(Cl)c1. The lowest BCUT2D eigenvalue weighted by Gasteiger charge is -2.33. The monoisotopic (exact) mass is 456 g/mol. The highest BCUT2D eigenvalue weighted by atomic mass is 35.5. The van der Waals surface area contributed by atoms with E-state index in [1.54, 1.807) is 29.2 Å². The Labute approximate surface area is 186 Å². The lowest BCUT2D eigenvalue weighted by molar-refractivity contribution is -0.123. The van der Waals surface area contributed by atoms with E-state index in [4.69, 9.17) is 11.6 Å². The fraction of sp³-hybridized carbons (Fsp3) is 0.130. The molecule has 2 heterocycles. The van der Waals surface area contributed by atoms with E-state index in [2.05, 4.69) is 0 Å². The molecule has 2 amide bonds. The van der Waals surface area contributed by atoms with E-state index < -0.39 is 10.7 Å². The molecule has 1 saturated heterocycles. The van der Waals surface area contributed by atoms with Gasteiger partial charge in [0.05, 0.1) is 23.0 Å². The second-order valence-electron chi connectivity index (χ2n) is 7.30. The maximum absolute atomic E-state index is 13.9. The fourth-order valence-electron chi connectivity index (χ4n) is 4.15. The van der Waals surface area contributed by atoms with Crippen LogP contribution in [0, 0.1) is 11.6 Å². The van der Waals surface area contributed by atoms with Gasteiger partial charge in [0.2, 0.25) is 10.8 Å². The van der Waals surface area contributed by atoms with Crippen LogP contribution in [0.3, 0.4) is 0 Å². The molecule has 0 aromatic heterocycles. The smallest absolute Gasteiger partial charge is 0.269 e. The third-order valence-electron chi connectivity index (χ3n) is 5.45. The third kappa shape index (κ3) is 3.03. The molecule has 0 bridgehead atoms. The number of benzene rings is 3. The van der Waals surface area contributed by atoms with E-state index in [1.807, 2.05) is 12.1 Å². The topological polar surface area (TPSA) is 40.6 Å². The molecular formula is C23H15ClF2N2O2S. The van der Waals surface area contributed by atoms with Crippen molar-refractivity contribution in [1.82, 2.24) is 0 Å². The highest BCUT2D eigenvalue weighted by Crippen LogP contribution is 2.56. The molecule has 1 fully saturated rings. The third-order valence-corrected chi connectivity index (χ3v) is 7.13. The average Bonchev–Trinajstić information content (AvgIpc) is 3.22. The van der Waals surface area contributed by atoms with Crippen molar-refractivity contribution in [3.8, 4) is 0 Å². The van der Waals surface area contributed by atoms with Gasteiger partial charge in [0.25, 0.3) is 5.91 Å². The number of halogens is 3. The van der Waals surface area contributed by atoms with Crippen LogP contribution < -0.4 is 9.80 Å². The number of hydrogen-bond acceptors (Lipinski definition) is 3. The number of rotatable bonds is 3. The summed E-state index contributed by atoms with van der Waals surface area (Å²) in [6, 6.07) is 17.3. The van der Waals surface area contributed by atoms with Crippen LogP contribution >= 0.6 is 23.4 Å². The number of anilines is 2. The van der Waals surface area contributed by atoms with Crippen molar-refractivity contribution in [2.75, 3.05) is 15.6 Å². The van der Waals surface area contributed by atoms with Crippen LogP contribution in [-0.2, 0) is 21.0 Å². The van der Waals surface area contributed by atoms with Gasteiger partial charge in [0, 0.05) is 11.3 Å². The molecule has 8 heteroatoms. The summed E-state index contributed by atoms with van der Waals surface area (Å²) < 4.78 is 27.5. The minimum atomic E-state index is -1.33. The van der Waals surface area contributed by atoms with Gasteiger partial charge in [-0.2, -0.15) is 0 Å². The number of carbonyl (C=O) groups excluding carboxylic acids is 2. The molecule has 0 unspecified atom stereocenters. The van der Waals surface area contributed by atoms with Crippen LogP contribution in [0.5, 0.6) is 0 Å². The van der Waals surface area contributed by atoms with Crippen molar-refractivity contribution in [2.24, 2.45) is 0 Å². The Balaban J connectivity index is 1.65. The highest BCUT2D eigenvalue weighted by Gasteiger charge is 2.60. The molecule has 156 valence electrons. The summed E-state index contributed by atoms with van der Waals surface area (Å²) in [6.07, 6.45) is 0. The zero-order valence-corrected chi connectivity index (χ0v) is 17.6. The zero-order valence-electron chi connectivity index (χ0n) is 16.0. The second-order valence-corrected chi connectivity index (χ2v) is 8.87. The van der Waals surface area contributed by atoms with Crippen molar-refractivity contribution in [3.63, 3.8) is 0 Å². The van der Waals surface area contributed by atoms with Crippen molar-refractivity contribution < 1.29 is 18.4 Å². The summed E-state index contributed by atoms with van der Waals surface area (Å²) in [7, 11) is 0. The maximum Gasteiger partial charge on any atom is 0.269 e. The molecule has 1 atom stereocenters. The van der Waals surface area contributed by atoms with Gasteiger partial charge in [-0.1, -0.05) is 41.9 Å². The Bertz CT molecular complexity index is 1240. The van der Waals surface area contributed by atoms with Gasteiger partial charge >= 0.3 is 0 Å². The molecule has 2 aliphatic rings. The van der Waals surface area contributed by atoms with Crippen molar-refractivity contribution in [3.05, 3.63) is 94.5 Å². The molecule has 0 radical (unpaired) electrons. The standard InChI is InChI=1S/C23H15ClF2N2O2S/c24-18-11-16(8-9-19(18)26)28-21(29)13-31-23(28)17-6-1-2-7-20(17)27(22(23)30)12-14-4-3-5-15(25)10-14/h1-11H,12-13H2/t23-/m1/s1. The summed E-state index contributed by atoms with van der Waals surface area (Å²) >= 11 is 7.19. The van der Waals surface area contributed by atoms with E-state index in [-0.39, 0.29) is 35.0 Å². The largest absolute Gasteiger partial charge is 0.304 e. The normalized spacial score (nSPS) is 20.1. The van der Waals surface area contributed by atoms with E-state index in [0.29, 0.717) is 22.5 Å². The van der Waals surface area contributed by atoms with Crippen LogP contribution in [0.4, 0.5) is 20.2 Å². The first-order valence-electron chi connectivity index (χ1n) is 9.50. The molecule has 0 aliphatic carbocycles. The Morgan fingerprint density at radius 3 is 2.58 bits per heavy atom. The van der Waals surface area contributed by atoms with Gasteiger partial charge in [0.1, 0.15) is 11.6 Å². The van der Waals surface area contributed by atoms with E-state index >= 15 is 0 Å². The summed E-state index contributed by atoms with van der Waals surface area (Å²) in [6.45, 7) is 0.155. The minimum absolute atomic E-state index is 0.0862. The Morgan fingerprint density at radius 1 is 1.00 bits per heavy atom. The molecule has 0 N–H and O–H groups in total. The van der Waals surface area contributed by atoms with E-state index in [9.17, 15) is 18.4 Å². The van der Waals surface area contributed by atoms with Gasteiger partial charge in [-0.3, -0.25) is 14.5 Å². The van der Waals surface area contributed by atoms with Crippen molar-refractivity contribution in [2.45, 2.75) is 11.4 Å². The molecule has 2 aliphatic heterocycles. The van der Waals surface area contributed by atoms with Gasteiger partial charge in [0.15, 0.2) is 0 Å². The quantitative estimate of drug-likeness (QED) is 0.550. The predicted molar refractivity (Wildman–Crippen MR) is 117 cm³/mol. The Morgan fingerprint density at radius 2 is 1.81 bits per heavy atom. The van der Waals surface area contributed by atoms with Crippen LogP contribution in [0.2, 0.25) is 5.02 Å². The lowest BCUT2D eigenvalue weighted by Crippen LogP contribution is -2.49. The number of thioether (sulfide) groups is 1. The molecule has 4 nitrogen and oxygen atoms in total. The fourth-order valence-corrected chi connectivity index (χ4v) is 5.69. The van der Waals surface area contributed by atoms with E-state index in [1.165, 1.54) is 47.0 Å². The second kappa shape index (κ2) is 7.35. The minimum Gasteiger partial charge on any atom is -0.304 e. The summed E-state index contributed by atoms with van der Waals surface area (Å²) in [5.74, 6) is -1.49. The molecule has 1 spiro atoms. The van der Waals surface area contributed by atoms with Crippen molar-refractivity contribution in [1.29, 1.82) is 0 Å². The van der Waals surface area contributed by atoms with Gasteiger partial charge in [-0.15, -0.1) is 11.8 Å². The first-order valence-corrected chi connectivity index (χ1v) is 10.9. The molecule has 5 rings (SSSR count). The predicted octanol–water partition coefficient (Wildman–Crippen LogP) is 5.10. The maximum atomic E-state index is 13.9. The van der Waals surface area contributed by atoms with Gasteiger partial charge in [-0.25, -0.2) is 8.78 Å². The number of hydrogen-bond donors (Lipinski definition) is 0. The molecule has 3 aromatic carbocycles. The van der Waals surface area contributed by atoms with Crippen LogP contribution in [0.1, 0.15) is 11.1 Å². The molecule has 0 saturated carbocycles. The van der Waals surface area contributed by atoms with Gasteiger partial charge in [-0.05, 0) is 42.0 Å². The van der Waals surface area contributed by atoms with Crippen LogP contribution in [0.25, 0.3) is 0 Å². The highest BCUT2D eigenvalue weighted by molar-refractivity contribution is 8.02. The van der Waals surface area contributed by atoms with Gasteiger partial charge < -0.3 is 4.90 Å². The van der Waals surface area contributed by atoms with Crippen LogP contribution in [-0.4, -0.2) is 17.6 Å². The van der Waals surface area contributed by atoms with Crippen molar-refractivity contribution >= 4 is 46.6 Å². The molecule has 31 heavy (non-hydrogen) atoms. The number of carbonyl (C=O) groups is 2. The first kappa shape index (κ1) is 20.0. The summed E-state index contributed by atoms with van der Waals surface area (Å²) in [5.41, 5.74) is 2.29. The molecular weight excluding hydrogens is 442 g/mol. The number of amides is 2. The molecule has 3 aromatic rings. The summed E-state index contributed by atoms with van der Waals surface area (Å²) in [4.78, 5) is 28.4. The average molecular weight is 457 g/mol. The lowest BCUT2D eigenvalue weighted by atomic mass is 10.0. The Kier molecular flexibility index (Phi) is 4.75. The summed E-state index contributed by atoms with van der Waals surface area (Å²) in [5, 5.41) is -0.132.